The van der Waals surface area contributed by atoms with E-state index in [0.29, 0.717) is 50.1 Å². The molecule has 19 heteroatoms. The van der Waals surface area contributed by atoms with Crippen molar-refractivity contribution in [1.29, 1.82) is 0 Å². The lowest BCUT2D eigenvalue weighted by Crippen LogP contribution is -2.51. The first-order valence-electron chi connectivity index (χ1n) is 13.9. The Balaban J connectivity index is 1.32. The molecule has 1 fully saturated rings. The number of amides is 2. The second-order valence-corrected chi connectivity index (χ2v) is 10.9. The van der Waals surface area contributed by atoms with Crippen LogP contribution in [0, 0.1) is 0 Å². The number of H-pyrrole nitrogens is 1. The van der Waals surface area contributed by atoms with Crippen LogP contribution < -0.4 is 20.3 Å². The number of aromatic nitrogens is 8. The van der Waals surface area contributed by atoms with Gasteiger partial charge >= 0.3 is 18.2 Å². The summed E-state index contributed by atoms with van der Waals surface area (Å²) in [6.07, 6.45) is 4.56. The lowest BCUT2D eigenvalue weighted by Gasteiger charge is -2.36. The average Bonchev–Trinajstić information content (AvgIpc) is 3.46. The van der Waals surface area contributed by atoms with Gasteiger partial charge in [0.1, 0.15) is 17.0 Å². The Morgan fingerprint density at radius 1 is 1.00 bits per heavy atom. The van der Waals surface area contributed by atoms with Gasteiger partial charge < -0.3 is 15.4 Å². The molecule has 0 aromatic carbocycles. The van der Waals surface area contributed by atoms with Crippen molar-refractivity contribution in [2.45, 2.75) is 56.8 Å². The molecule has 0 atom stereocenters. The van der Waals surface area contributed by atoms with Crippen LogP contribution in [0.2, 0.25) is 5.02 Å². The first-order chi connectivity index (χ1) is 21.8. The average molecular weight is 668 g/mol. The lowest BCUT2D eigenvalue weighted by atomic mass is 9.90. The topological polar surface area (TPSA) is 160 Å². The summed E-state index contributed by atoms with van der Waals surface area (Å²) in [7, 11) is 1.43. The number of alkyl halides is 5. The van der Waals surface area contributed by atoms with Crippen molar-refractivity contribution < 1.29 is 31.5 Å². The molecule has 0 radical (unpaired) electrons. The molecule has 3 N–H and O–H groups in total. The van der Waals surface area contributed by atoms with Crippen LogP contribution in [0.3, 0.4) is 0 Å². The molecule has 13 nitrogen and oxygen atoms in total. The fourth-order valence-corrected chi connectivity index (χ4v) is 5.04. The molecule has 4 aromatic heterocycles. The van der Waals surface area contributed by atoms with Gasteiger partial charge in [-0.05, 0) is 25.7 Å². The number of hydrogen-bond donors (Lipinski definition) is 3. The Labute approximate surface area is 263 Å². The van der Waals surface area contributed by atoms with Crippen LogP contribution in [0.1, 0.15) is 38.2 Å². The number of anilines is 2. The molecule has 2 amide bonds. The maximum atomic E-state index is 13.7. The van der Waals surface area contributed by atoms with Crippen LogP contribution in [0.5, 0.6) is 6.01 Å². The molecule has 1 aliphatic carbocycles. The van der Waals surface area contributed by atoms with Crippen molar-refractivity contribution in [1.82, 2.24) is 45.4 Å². The second-order valence-electron chi connectivity index (χ2n) is 10.5. The maximum Gasteiger partial charge on any atom is 0.420 e. The van der Waals surface area contributed by atoms with E-state index >= 15 is 0 Å². The number of nitrogens with zero attached hydrogens (tertiary/aromatic N) is 8. The summed E-state index contributed by atoms with van der Waals surface area (Å²) in [5.74, 6) is -3.07. The van der Waals surface area contributed by atoms with E-state index < -0.39 is 42.0 Å². The molecule has 5 rings (SSSR count). The lowest BCUT2D eigenvalue weighted by molar-refractivity contribution is -0.137. The van der Waals surface area contributed by atoms with E-state index in [1.807, 2.05) is 0 Å². The van der Waals surface area contributed by atoms with Crippen molar-refractivity contribution in [2.75, 3.05) is 23.9 Å². The van der Waals surface area contributed by atoms with Crippen molar-refractivity contribution in [3.63, 3.8) is 0 Å². The van der Waals surface area contributed by atoms with Gasteiger partial charge in [-0.25, -0.2) is 38.5 Å². The van der Waals surface area contributed by atoms with E-state index in [2.05, 4.69) is 50.7 Å². The van der Waals surface area contributed by atoms with E-state index in [1.165, 1.54) is 43.0 Å². The number of carbonyl (C=O) groups is 1. The number of nitrogens with one attached hydrogen (secondary N) is 3. The van der Waals surface area contributed by atoms with E-state index in [4.69, 9.17) is 16.3 Å². The van der Waals surface area contributed by atoms with Gasteiger partial charge in [0, 0.05) is 49.4 Å². The van der Waals surface area contributed by atoms with Crippen LogP contribution in [-0.4, -0.2) is 77.8 Å². The number of urea groups is 1. The van der Waals surface area contributed by atoms with Gasteiger partial charge in [0.2, 0.25) is 5.95 Å². The van der Waals surface area contributed by atoms with Gasteiger partial charge in [-0.15, -0.1) is 0 Å². The number of ether oxygens (including phenoxy) is 1. The van der Waals surface area contributed by atoms with E-state index in [9.17, 15) is 26.7 Å². The smallest absolute Gasteiger partial charge is 0.420 e. The van der Waals surface area contributed by atoms with Crippen molar-refractivity contribution in [3.05, 3.63) is 47.8 Å². The normalized spacial score (nSPS) is 17.0. The first kappa shape index (κ1) is 32.6. The summed E-state index contributed by atoms with van der Waals surface area (Å²) in [5.41, 5.74) is -0.803. The summed E-state index contributed by atoms with van der Waals surface area (Å²) in [6, 6.07) is -1.34. The van der Waals surface area contributed by atoms with Crippen molar-refractivity contribution in [2.24, 2.45) is 0 Å². The number of hydrogen-bond acceptors (Lipinski definition) is 10. The van der Waals surface area contributed by atoms with Gasteiger partial charge in [-0.3, -0.25) is 15.0 Å². The Kier molecular flexibility index (Phi) is 9.45. The second kappa shape index (κ2) is 13.3. The minimum Gasteiger partial charge on any atom is -0.467 e. The fourth-order valence-electron chi connectivity index (χ4n) is 4.86. The molecule has 0 bridgehead atoms. The van der Waals surface area contributed by atoms with Crippen LogP contribution in [0.4, 0.5) is 38.5 Å². The fraction of sp³-hybridized carbons (Fsp3) is 0.407. The van der Waals surface area contributed by atoms with Gasteiger partial charge in [0.25, 0.3) is 5.92 Å². The number of halogens is 6. The van der Waals surface area contributed by atoms with Gasteiger partial charge in [0.15, 0.2) is 5.82 Å². The van der Waals surface area contributed by atoms with Crippen LogP contribution in [0.15, 0.2) is 37.2 Å². The largest absolute Gasteiger partial charge is 0.467 e. The van der Waals surface area contributed by atoms with Gasteiger partial charge in [-0.1, -0.05) is 11.6 Å². The molecule has 0 spiro atoms. The predicted molar refractivity (Wildman–Crippen MR) is 155 cm³/mol. The number of rotatable bonds is 9. The van der Waals surface area contributed by atoms with Crippen LogP contribution in [0.25, 0.3) is 22.6 Å². The highest BCUT2D eigenvalue weighted by atomic mass is 35.5. The third-order valence-electron chi connectivity index (χ3n) is 7.07. The number of carbonyl (C=O) groups excluding carboxylic acids is 1. The number of methoxy groups -OCH3 is 1. The summed E-state index contributed by atoms with van der Waals surface area (Å²) >= 11 is 6.02. The highest BCUT2D eigenvalue weighted by Gasteiger charge is 2.37. The molecule has 244 valence electrons. The van der Waals surface area contributed by atoms with E-state index in [0.717, 1.165) is 0 Å². The maximum absolute atomic E-state index is 13.7. The molecule has 4 heterocycles. The molecule has 46 heavy (non-hydrogen) atoms. The van der Waals surface area contributed by atoms with E-state index in [1.54, 1.807) is 0 Å². The first-order valence-corrected chi connectivity index (χ1v) is 14.2. The highest BCUT2D eigenvalue weighted by molar-refractivity contribution is 6.32. The zero-order valence-corrected chi connectivity index (χ0v) is 25.1. The Bertz CT molecular complexity index is 1640. The van der Waals surface area contributed by atoms with Crippen molar-refractivity contribution in [3.8, 4) is 28.7 Å². The van der Waals surface area contributed by atoms with Crippen LogP contribution in [-0.2, 0) is 6.18 Å². The summed E-state index contributed by atoms with van der Waals surface area (Å²) in [4.78, 5) is 39.2. The van der Waals surface area contributed by atoms with Gasteiger partial charge in [-0.2, -0.15) is 18.3 Å². The third-order valence-corrected chi connectivity index (χ3v) is 7.36. The quantitative estimate of drug-likeness (QED) is 0.198. The summed E-state index contributed by atoms with van der Waals surface area (Å²) < 4.78 is 73.1. The predicted octanol–water partition coefficient (Wildman–Crippen LogP) is 5.39. The standard InChI is InChI=1S/C27H27ClF5N11O2/c1-26(29,30)13-39-25(45)44(20-12-34-19(11-35-20)14-7-37-24(46-2)38-8-14)16-5-3-15(4-6-16)41-23-36-9-17(27(31,32)33)21(42-23)22-18(28)10-40-43-22/h7-12,15-16H,3-6,13H2,1-2H3,(H,39,45)(H,40,43)(H,36,41,42)/t15-,16-. The van der Waals surface area contributed by atoms with Crippen molar-refractivity contribution >= 4 is 29.4 Å². The monoisotopic (exact) mass is 667 g/mol. The summed E-state index contributed by atoms with van der Waals surface area (Å²) in [5, 5.41) is 11.5. The zero-order chi connectivity index (χ0) is 33.1. The van der Waals surface area contributed by atoms with E-state index in [-0.39, 0.29) is 34.5 Å². The number of aromatic amines is 1. The Morgan fingerprint density at radius 2 is 1.72 bits per heavy atom. The molecule has 1 saturated carbocycles. The molecule has 0 unspecified atom stereocenters. The third kappa shape index (κ3) is 7.72. The summed E-state index contributed by atoms with van der Waals surface area (Å²) in [6.45, 7) is -0.198. The zero-order valence-electron chi connectivity index (χ0n) is 24.3. The Morgan fingerprint density at radius 3 is 2.28 bits per heavy atom. The molecule has 0 saturated heterocycles. The molecule has 4 aromatic rings. The molecule has 0 aliphatic heterocycles. The van der Waals surface area contributed by atoms with Gasteiger partial charge in [0.05, 0.1) is 36.8 Å². The molecular weight excluding hydrogens is 641 g/mol. The SMILES string of the molecule is COc1ncc(-c2cnc(N(C(=O)NCC(C)(F)F)[C@H]3CC[C@H](Nc4ncc(C(F)(F)F)c(-c5n[nH]cc5Cl)n4)CC3)cn2)cn1. The van der Waals surface area contributed by atoms with Crippen LogP contribution >= 0.6 is 11.6 Å². The minimum absolute atomic E-state index is 0.0386. The molecule has 1 aliphatic rings. The molecular formula is C27H27ClF5N11O2. The minimum atomic E-state index is -4.75. The highest BCUT2D eigenvalue weighted by Crippen LogP contribution is 2.38. The Hall–Kier alpha value is -4.74.